The van der Waals surface area contributed by atoms with Gasteiger partial charge in [-0.1, -0.05) is 67.5 Å². The van der Waals surface area contributed by atoms with Crippen LogP contribution in [0.5, 0.6) is 0 Å². The summed E-state index contributed by atoms with van der Waals surface area (Å²) in [6.45, 7) is 20.2. The smallest absolute Gasteiger partial charge is 0.339 e. The van der Waals surface area contributed by atoms with E-state index in [1.165, 1.54) is 0 Å². The van der Waals surface area contributed by atoms with Gasteiger partial charge in [0.1, 0.15) is 25.7 Å². The number of rotatable bonds is 12. The van der Waals surface area contributed by atoms with Crippen LogP contribution in [0.4, 0.5) is 0 Å². The lowest BCUT2D eigenvalue weighted by atomic mass is 9.68. The second-order valence-electron chi connectivity index (χ2n) is 12.0. The molecule has 8 heteroatoms. The molecule has 8 nitrogen and oxygen atoms in total. The summed E-state index contributed by atoms with van der Waals surface area (Å²) in [6.07, 6.45) is -0.413. The van der Waals surface area contributed by atoms with E-state index in [0.717, 1.165) is 13.1 Å². The molecule has 2 saturated heterocycles. The first-order chi connectivity index (χ1) is 18.0. The number of esters is 2. The fourth-order valence-electron chi connectivity index (χ4n) is 6.28. The molecule has 0 radical (unpaired) electrons. The van der Waals surface area contributed by atoms with Gasteiger partial charge < -0.3 is 18.9 Å². The van der Waals surface area contributed by atoms with Gasteiger partial charge in [-0.05, 0) is 35.8 Å². The quantitative estimate of drug-likeness (QED) is 0.380. The van der Waals surface area contributed by atoms with Gasteiger partial charge in [0.05, 0.1) is 24.3 Å². The number of nitrogens with one attached hydrogen (secondary N) is 2. The van der Waals surface area contributed by atoms with Crippen molar-refractivity contribution in [3.05, 3.63) is 35.4 Å². The van der Waals surface area contributed by atoms with Crippen LogP contribution in [0.1, 0.15) is 76.1 Å². The maximum absolute atomic E-state index is 13.4. The van der Waals surface area contributed by atoms with Gasteiger partial charge in [-0.15, -0.1) is 0 Å². The van der Waals surface area contributed by atoms with Crippen molar-refractivity contribution in [1.29, 1.82) is 0 Å². The third-order valence-electron chi connectivity index (χ3n) is 8.98. The van der Waals surface area contributed by atoms with E-state index < -0.39 is 22.8 Å². The average molecular weight is 533 g/mol. The van der Waals surface area contributed by atoms with Crippen molar-refractivity contribution in [1.82, 2.24) is 10.6 Å². The van der Waals surface area contributed by atoms with E-state index in [1.807, 2.05) is 0 Å². The summed E-state index contributed by atoms with van der Waals surface area (Å²) >= 11 is 0. The van der Waals surface area contributed by atoms with Gasteiger partial charge in [0.25, 0.3) is 0 Å². The number of hydrogen-bond acceptors (Lipinski definition) is 8. The molecule has 0 amide bonds. The molecule has 214 valence electrons. The molecule has 2 fully saturated rings. The predicted octanol–water partition coefficient (Wildman–Crippen LogP) is 4.49. The maximum atomic E-state index is 13.4. The van der Waals surface area contributed by atoms with Crippen LogP contribution in [0.2, 0.25) is 0 Å². The first-order valence-electron chi connectivity index (χ1n) is 14.1. The third-order valence-corrected chi connectivity index (χ3v) is 8.98. The summed E-state index contributed by atoms with van der Waals surface area (Å²) in [6, 6.07) is 6.71. The normalized spacial score (nSPS) is 20.6. The van der Waals surface area contributed by atoms with Gasteiger partial charge >= 0.3 is 11.9 Å². The first kappa shape index (κ1) is 30.5. The van der Waals surface area contributed by atoms with Crippen LogP contribution in [-0.2, 0) is 18.9 Å². The maximum Gasteiger partial charge on any atom is 0.339 e. The topological polar surface area (TPSA) is 95.1 Å². The van der Waals surface area contributed by atoms with E-state index >= 15 is 0 Å². The number of carbonyl (C=O) groups is 2. The minimum atomic E-state index is -0.541. The van der Waals surface area contributed by atoms with E-state index in [-0.39, 0.29) is 60.5 Å². The summed E-state index contributed by atoms with van der Waals surface area (Å²) in [5.41, 5.74) is -0.420. The average Bonchev–Trinajstić information content (AvgIpc) is 3.59. The van der Waals surface area contributed by atoms with E-state index in [4.69, 9.17) is 18.9 Å². The predicted molar refractivity (Wildman–Crippen MR) is 147 cm³/mol. The zero-order valence-electron chi connectivity index (χ0n) is 24.5. The molecule has 1 aromatic carbocycles. The Labute approximate surface area is 228 Å². The van der Waals surface area contributed by atoms with Gasteiger partial charge in [0, 0.05) is 23.9 Å². The van der Waals surface area contributed by atoms with Crippen molar-refractivity contribution in [2.24, 2.45) is 34.5 Å². The van der Waals surface area contributed by atoms with Gasteiger partial charge in [-0.3, -0.25) is 10.6 Å². The third kappa shape index (κ3) is 5.93. The van der Waals surface area contributed by atoms with E-state index in [0.29, 0.717) is 13.2 Å². The molecular formula is C30H48N2O6. The van der Waals surface area contributed by atoms with E-state index in [1.54, 1.807) is 24.3 Å². The Bertz CT molecular complexity index is 841. The summed E-state index contributed by atoms with van der Waals surface area (Å²) in [5, 5.41) is 6.84. The van der Waals surface area contributed by atoms with Crippen molar-refractivity contribution < 1.29 is 28.5 Å². The van der Waals surface area contributed by atoms with Gasteiger partial charge in [0.15, 0.2) is 0 Å². The lowest BCUT2D eigenvalue weighted by Crippen LogP contribution is -2.53. The van der Waals surface area contributed by atoms with Crippen LogP contribution < -0.4 is 10.6 Å². The standard InChI is InChI=1S/C30H48N2O6/c1-19(2)29(20(3)4,27-31-13-15-35-27)17-37-25(33)23-11-9-10-12-24(23)26(34)38-18-30(21(5)6,22(7)8)28-32-14-16-36-28/h9-12,19-22,27-28,31-32H,13-18H2,1-8H3. The Morgan fingerprint density at radius 2 is 1.08 bits per heavy atom. The lowest BCUT2D eigenvalue weighted by molar-refractivity contribution is -0.104. The Morgan fingerprint density at radius 3 is 1.34 bits per heavy atom. The van der Waals surface area contributed by atoms with Gasteiger partial charge in [-0.2, -0.15) is 0 Å². The van der Waals surface area contributed by atoms with Crippen LogP contribution in [0, 0.1) is 34.5 Å². The minimum Gasteiger partial charge on any atom is -0.461 e. The molecule has 3 rings (SSSR count). The van der Waals surface area contributed by atoms with Crippen molar-refractivity contribution in [2.75, 3.05) is 39.5 Å². The number of hydrogen-bond donors (Lipinski definition) is 2. The van der Waals surface area contributed by atoms with Crippen LogP contribution >= 0.6 is 0 Å². The second-order valence-corrected chi connectivity index (χ2v) is 12.0. The monoisotopic (exact) mass is 532 g/mol. The lowest BCUT2D eigenvalue weighted by Gasteiger charge is -2.44. The van der Waals surface area contributed by atoms with Crippen molar-refractivity contribution in [3.63, 3.8) is 0 Å². The second kappa shape index (κ2) is 12.9. The van der Waals surface area contributed by atoms with Crippen LogP contribution in [0.15, 0.2) is 24.3 Å². The highest BCUT2D eigenvalue weighted by molar-refractivity contribution is 6.03. The minimum absolute atomic E-state index is 0.177. The molecule has 2 heterocycles. The first-order valence-corrected chi connectivity index (χ1v) is 14.1. The molecule has 0 aromatic heterocycles. The van der Waals surface area contributed by atoms with Crippen molar-refractivity contribution in [2.45, 2.75) is 67.8 Å². The molecule has 2 unspecified atom stereocenters. The molecular weight excluding hydrogens is 484 g/mol. The molecule has 0 spiro atoms. The van der Waals surface area contributed by atoms with Crippen LogP contribution in [0.25, 0.3) is 0 Å². The molecule has 0 saturated carbocycles. The van der Waals surface area contributed by atoms with E-state index in [2.05, 4.69) is 66.0 Å². The molecule has 2 aliphatic heterocycles. The fraction of sp³-hybridized carbons (Fsp3) is 0.733. The summed E-state index contributed by atoms with van der Waals surface area (Å²) < 4.78 is 23.8. The molecule has 0 aliphatic carbocycles. The van der Waals surface area contributed by atoms with Gasteiger partial charge in [-0.25, -0.2) is 9.59 Å². The number of benzene rings is 1. The number of carbonyl (C=O) groups excluding carboxylic acids is 2. The highest BCUT2D eigenvalue weighted by Gasteiger charge is 2.49. The van der Waals surface area contributed by atoms with Crippen molar-refractivity contribution >= 4 is 11.9 Å². The number of ether oxygens (including phenoxy) is 4. The Hall–Kier alpha value is -2.00. The fourth-order valence-corrected chi connectivity index (χ4v) is 6.28. The van der Waals surface area contributed by atoms with E-state index in [9.17, 15) is 9.59 Å². The Kier molecular flexibility index (Phi) is 10.4. The molecule has 38 heavy (non-hydrogen) atoms. The highest BCUT2D eigenvalue weighted by Crippen LogP contribution is 2.42. The summed E-state index contributed by atoms with van der Waals surface area (Å²) in [5.74, 6) is -0.312. The van der Waals surface area contributed by atoms with Gasteiger partial charge in [0.2, 0.25) is 0 Å². The molecule has 2 N–H and O–H groups in total. The Morgan fingerprint density at radius 1 is 0.737 bits per heavy atom. The zero-order valence-corrected chi connectivity index (χ0v) is 24.5. The Balaban J connectivity index is 1.79. The molecule has 1 aromatic rings. The largest absolute Gasteiger partial charge is 0.461 e. The molecule has 0 bridgehead atoms. The molecule has 2 atom stereocenters. The van der Waals surface area contributed by atoms with Crippen LogP contribution in [0.3, 0.4) is 0 Å². The molecule has 2 aliphatic rings. The SMILES string of the molecule is CC(C)C(COC(=O)c1ccccc1C(=O)OCC(C(C)C)(C(C)C)C1NCCO1)(C(C)C)C1NCCO1. The summed E-state index contributed by atoms with van der Waals surface area (Å²) in [4.78, 5) is 26.8. The van der Waals surface area contributed by atoms with Crippen LogP contribution in [-0.4, -0.2) is 63.9 Å². The highest BCUT2D eigenvalue weighted by atomic mass is 16.6. The zero-order chi connectivity index (χ0) is 28.1. The van der Waals surface area contributed by atoms with Crippen molar-refractivity contribution in [3.8, 4) is 0 Å². The summed E-state index contributed by atoms with van der Waals surface area (Å²) in [7, 11) is 0.